The van der Waals surface area contributed by atoms with Crippen LogP contribution in [0.25, 0.3) is 0 Å². The number of hydrogen-bond acceptors (Lipinski definition) is 2. The fraction of sp³-hybridized carbons (Fsp3) is 0.625. The smallest absolute Gasteiger partial charge is 0.324 e. The molecule has 0 unspecified atom stereocenters. The third kappa shape index (κ3) is 0.706. The van der Waals surface area contributed by atoms with E-state index in [1.165, 1.54) is 7.11 Å². The van der Waals surface area contributed by atoms with Crippen molar-refractivity contribution >= 4 is 5.97 Å². The molecular weight excluding hydrogens is 128 g/mol. The first-order valence-corrected chi connectivity index (χ1v) is 3.23. The summed E-state index contributed by atoms with van der Waals surface area (Å²) >= 11 is 0. The minimum Gasteiger partial charge on any atom is -0.468 e. The molecule has 2 atom stereocenters. The van der Waals surface area contributed by atoms with Gasteiger partial charge in [-0.05, 0) is 12.3 Å². The Kier molecular flexibility index (Phi) is 1.44. The molecule has 0 aliphatic heterocycles. The Labute approximate surface area is 60.6 Å². The van der Waals surface area contributed by atoms with Crippen LogP contribution in [0.1, 0.15) is 13.3 Å². The van der Waals surface area contributed by atoms with Crippen molar-refractivity contribution in [1.82, 2.24) is 0 Å². The van der Waals surface area contributed by atoms with E-state index in [4.69, 9.17) is 6.42 Å². The number of rotatable bonds is 1. The molecule has 1 fully saturated rings. The molecule has 0 bridgehead atoms. The van der Waals surface area contributed by atoms with Crippen LogP contribution in [-0.4, -0.2) is 13.1 Å². The lowest BCUT2D eigenvalue weighted by Gasteiger charge is -2.03. The van der Waals surface area contributed by atoms with Gasteiger partial charge in [0.2, 0.25) is 0 Å². The number of esters is 1. The SMILES string of the molecule is C#C[C@@]1(C(=O)OC)C[C@@H]1C. The van der Waals surface area contributed by atoms with Crippen molar-refractivity contribution in [3.8, 4) is 12.3 Å². The van der Waals surface area contributed by atoms with Gasteiger partial charge in [0, 0.05) is 0 Å². The lowest BCUT2D eigenvalue weighted by Crippen LogP contribution is -2.17. The molecule has 1 rings (SSSR count). The van der Waals surface area contributed by atoms with Gasteiger partial charge < -0.3 is 4.74 Å². The second-order valence-corrected chi connectivity index (χ2v) is 2.71. The summed E-state index contributed by atoms with van der Waals surface area (Å²) in [6, 6.07) is 0. The minimum absolute atomic E-state index is 0.262. The Morgan fingerprint density at radius 2 is 2.40 bits per heavy atom. The van der Waals surface area contributed by atoms with Gasteiger partial charge in [0.05, 0.1) is 7.11 Å². The number of hydrogen-bond donors (Lipinski definition) is 0. The van der Waals surface area contributed by atoms with Crippen LogP contribution < -0.4 is 0 Å². The summed E-state index contributed by atoms with van der Waals surface area (Å²) in [5.41, 5.74) is -0.575. The molecule has 54 valence electrons. The molecule has 0 amide bonds. The van der Waals surface area contributed by atoms with Crippen molar-refractivity contribution in [1.29, 1.82) is 0 Å². The zero-order chi connectivity index (χ0) is 7.78. The average Bonchev–Trinajstić information content (AvgIpc) is 2.61. The standard InChI is InChI=1S/C8H10O2/c1-4-8(5-6(8)2)7(9)10-3/h1,6H,5H2,2-3H3/t6-,8+/m0/s1. The van der Waals surface area contributed by atoms with E-state index in [0.717, 1.165) is 6.42 Å². The molecule has 0 radical (unpaired) electrons. The maximum atomic E-state index is 11.0. The Balaban J connectivity index is 2.72. The molecule has 0 spiro atoms. The minimum atomic E-state index is -0.575. The van der Waals surface area contributed by atoms with Crippen molar-refractivity contribution < 1.29 is 9.53 Å². The van der Waals surface area contributed by atoms with Gasteiger partial charge in [0.1, 0.15) is 5.41 Å². The third-order valence-electron chi connectivity index (χ3n) is 2.12. The predicted molar refractivity (Wildman–Crippen MR) is 37.1 cm³/mol. The van der Waals surface area contributed by atoms with Gasteiger partial charge in [0.15, 0.2) is 0 Å². The topological polar surface area (TPSA) is 26.3 Å². The van der Waals surface area contributed by atoms with Gasteiger partial charge in [-0.15, -0.1) is 6.42 Å². The number of ether oxygens (including phenoxy) is 1. The summed E-state index contributed by atoms with van der Waals surface area (Å²) in [5, 5.41) is 0. The molecule has 0 heterocycles. The van der Waals surface area contributed by atoms with E-state index in [2.05, 4.69) is 10.7 Å². The number of carbonyl (C=O) groups excluding carboxylic acids is 1. The maximum Gasteiger partial charge on any atom is 0.324 e. The Bertz CT molecular complexity index is 202. The van der Waals surface area contributed by atoms with Crippen molar-refractivity contribution in [3.63, 3.8) is 0 Å². The highest BCUT2D eigenvalue weighted by molar-refractivity contribution is 5.84. The largest absolute Gasteiger partial charge is 0.468 e. The summed E-state index contributed by atoms with van der Waals surface area (Å²) in [7, 11) is 1.37. The van der Waals surface area contributed by atoms with Crippen molar-refractivity contribution in [2.75, 3.05) is 7.11 Å². The summed E-state index contributed by atoms with van der Waals surface area (Å²) in [5.74, 6) is 2.51. The lowest BCUT2D eigenvalue weighted by molar-refractivity contribution is -0.145. The van der Waals surface area contributed by atoms with Crippen LogP contribution in [0.5, 0.6) is 0 Å². The predicted octanol–water partition coefficient (Wildman–Crippen LogP) is 0.819. The van der Waals surface area contributed by atoms with Crippen LogP contribution in [0.4, 0.5) is 0 Å². The third-order valence-corrected chi connectivity index (χ3v) is 2.12. The van der Waals surface area contributed by atoms with Crippen LogP contribution >= 0.6 is 0 Å². The summed E-state index contributed by atoms with van der Waals surface area (Å²) < 4.78 is 4.56. The number of terminal acetylenes is 1. The average molecular weight is 138 g/mol. The van der Waals surface area contributed by atoms with Crippen LogP contribution in [0.3, 0.4) is 0 Å². The van der Waals surface area contributed by atoms with Gasteiger partial charge in [-0.3, -0.25) is 4.79 Å². The molecule has 0 aromatic heterocycles. The van der Waals surface area contributed by atoms with Crippen LogP contribution in [0, 0.1) is 23.7 Å². The molecule has 1 aliphatic carbocycles. The van der Waals surface area contributed by atoms with E-state index in [-0.39, 0.29) is 5.97 Å². The van der Waals surface area contributed by atoms with E-state index in [0.29, 0.717) is 5.92 Å². The molecule has 2 heteroatoms. The van der Waals surface area contributed by atoms with Crippen LogP contribution in [-0.2, 0) is 9.53 Å². The van der Waals surface area contributed by atoms with Crippen molar-refractivity contribution in [2.24, 2.45) is 11.3 Å². The van der Waals surface area contributed by atoms with E-state index < -0.39 is 5.41 Å². The molecule has 2 nitrogen and oxygen atoms in total. The van der Waals surface area contributed by atoms with Gasteiger partial charge in [0.25, 0.3) is 0 Å². The normalized spacial score (nSPS) is 36.3. The summed E-state index contributed by atoms with van der Waals surface area (Å²) in [6.45, 7) is 1.96. The van der Waals surface area contributed by atoms with E-state index in [1.54, 1.807) is 0 Å². The van der Waals surface area contributed by atoms with Gasteiger partial charge >= 0.3 is 5.97 Å². The fourth-order valence-electron chi connectivity index (χ4n) is 1.15. The molecule has 1 aliphatic rings. The van der Waals surface area contributed by atoms with Crippen LogP contribution in [0.15, 0.2) is 0 Å². The second kappa shape index (κ2) is 2.02. The maximum absolute atomic E-state index is 11.0. The Morgan fingerprint density at radius 3 is 2.50 bits per heavy atom. The quantitative estimate of drug-likeness (QED) is 0.396. The first-order chi connectivity index (χ1) is 4.67. The Hall–Kier alpha value is -0.970. The van der Waals surface area contributed by atoms with E-state index >= 15 is 0 Å². The molecule has 1 saturated carbocycles. The van der Waals surface area contributed by atoms with Crippen LogP contribution in [0.2, 0.25) is 0 Å². The zero-order valence-electron chi connectivity index (χ0n) is 6.18. The molecule has 0 aromatic rings. The van der Waals surface area contributed by atoms with Gasteiger partial charge in [-0.2, -0.15) is 0 Å². The first kappa shape index (κ1) is 7.14. The summed E-state index contributed by atoms with van der Waals surface area (Å²) in [6.07, 6.45) is 5.96. The molecule has 0 N–H and O–H groups in total. The highest BCUT2D eigenvalue weighted by atomic mass is 16.5. The zero-order valence-corrected chi connectivity index (χ0v) is 6.18. The fourth-order valence-corrected chi connectivity index (χ4v) is 1.15. The highest BCUT2D eigenvalue weighted by Crippen LogP contribution is 2.52. The van der Waals surface area contributed by atoms with E-state index in [9.17, 15) is 4.79 Å². The summed E-state index contributed by atoms with van der Waals surface area (Å²) in [4.78, 5) is 11.0. The first-order valence-electron chi connectivity index (χ1n) is 3.23. The molecule has 10 heavy (non-hydrogen) atoms. The highest BCUT2D eigenvalue weighted by Gasteiger charge is 2.57. The number of carbonyl (C=O) groups is 1. The number of methoxy groups -OCH3 is 1. The lowest BCUT2D eigenvalue weighted by atomic mass is 10.1. The van der Waals surface area contributed by atoms with E-state index in [1.807, 2.05) is 6.92 Å². The van der Waals surface area contributed by atoms with Gasteiger partial charge in [-0.25, -0.2) is 0 Å². The van der Waals surface area contributed by atoms with Gasteiger partial charge in [-0.1, -0.05) is 12.8 Å². The Morgan fingerprint density at radius 1 is 1.90 bits per heavy atom. The second-order valence-electron chi connectivity index (χ2n) is 2.71. The molecule has 0 saturated heterocycles. The van der Waals surface area contributed by atoms with Crippen molar-refractivity contribution in [2.45, 2.75) is 13.3 Å². The molecule has 0 aromatic carbocycles. The van der Waals surface area contributed by atoms with Crippen molar-refractivity contribution in [3.05, 3.63) is 0 Å². The monoisotopic (exact) mass is 138 g/mol. The molecular formula is C8H10O2.